The van der Waals surface area contributed by atoms with Gasteiger partial charge in [-0.25, -0.2) is 5.43 Å². The largest absolute Gasteiger partial charge is 0.488 e. The number of hydrogen-bond acceptors (Lipinski definition) is 3. The van der Waals surface area contributed by atoms with E-state index in [4.69, 9.17) is 62.7 Å². The maximum absolute atomic E-state index is 12.5. The van der Waals surface area contributed by atoms with Crippen LogP contribution in [0, 0.1) is 17.3 Å². The number of hydrazone groups is 1. The van der Waals surface area contributed by atoms with Crippen LogP contribution in [0.25, 0.3) is 0 Å². The molecule has 1 amide bonds. The Labute approximate surface area is 206 Å². The van der Waals surface area contributed by atoms with E-state index < -0.39 is 0 Å². The van der Waals surface area contributed by atoms with Crippen LogP contribution in [-0.2, 0) is 11.4 Å². The molecule has 0 unspecified atom stereocenters. The van der Waals surface area contributed by atoms with Crippen molar-refractivity contribution in [2.24, 2.45) is 22.4 Å². The average Bonchev–Trinajstić information content (AvgIpc) is 3.21. The number of halogens is 5. The SMILES string of the molecule is CC1(C)[C@H](C=C(Cl)Cl)[C@@H]1C(=O)N/N=C\c1cc(Cl)ccc1OCc1c(Cl)cccc1Cl. The standard InChI is InChI=1S/C22H19Cl5N2O2/c1-22(2)15(9-19(26)27)20(22)21(30)29-28-10-12-8-13(23)6-7-18(12)31-11-14-16(24)4-3-5-17(14)25/h3-10,15,20H,11H2,1-2H3,(H,29,30)/b28-10-/t15-,20-/m1/s1. The molecular weight excluding hydrogens is 502 g/mol. The van der Waals surface area contributed by atoms with Crippen LogP contribution in [0.2, 0.25) is 15.1 Å². The Bertz CT molecular complexity index is 1030. The van der Waals surface area contributed by atoms with Gasteiger partial charge in [0.15, 0.2) is 0 Å². The summed E-state index contributed by atoms with van der Waals surface area (Å²) in [5, 5.41) is 5.59. The molecule has 0 radical (unpaired) electrons. The number of benzene rings is 2. The number of allylic oxidation sites excluding steroid dienone is 1. The summed E-state index contributed by atoms with van der Waals surface area (Å²) in [6, 6.07) is 10.3. The number of ether oxygens (including phenoxy) is 1. The van der Waals surface area contributed by atoms with E-state index >= 15 is 0 Å². The van der Waals surface area contributed by atoms with Gasteiger partial charge in [0.1, 0.15) is 16.8 Å². The van der Waals surface area contributed by atoms with Crippen molar-refractivity contribution in [1.82, 2.24) is 5.43 Å². The predicted octanol–water partition coefficient (Wildman–Crippen LogP) is 7.27. The van der Waals surface area contributed by atoms with Crippen LogP contribution >= 0.6 is 58.0 Å². The molecule has 1 aliphatic rings. The number of rotatable bonds is 7. The van der Waals surface area contributed by atoms with Crippen LogP contribution < -0.4 is 10.2 Å². The van der Waals surface area contributed by atoms with Crippen molar-refractivity contribution in [1.29, 1.82) is 0 Å². The normalized spacial score (nSPS) is 19.2. The summed E-state index contributed by atoms with van der Waals surface area (Å²) in [6.07, 6.45) is 3.15. The summed E-state index contributed by atoms with van der Waals surface area (Å²) < 4.78 is 6.03. The maximum Gasteiger partial charge on any atom is 0.244 e. The highest BCUT2D eigenvalue weighted by Gasteiger charge is 2.60. The molecule has 4 nitrogen and oxygen atoms in total. The van der Waals surface area contributed by atoms with Crippen LogP contribution in [0.1, 0.15) is 25.0 Å². The zero-order valence-electron chi connectivity index (χ0n) is 16.6. The second-order valence-electron chi connectivity index (χ2n) is 7.69. The second-order valence-corrected chi connectivity index (χ2v) is 9.95. The van der Waals surface area contributed by atoms with Crippen LogP contribution in [0.3, 0.4) is 0 Å². The van der Waals surface area contributed by atoms with E-state index in [0.717, 1.165) is 0 Å². The Morgan fingerprint density at radius 1 is 1.16 bits per heavy atom. The zero-order valence-corrected chi connectivity index (χ0v) is 20.4. The van der Waals surface area contributed by atoms with Crippen molar-refractivity contribution in [3.8, 4) is 5.75 Å². The molecular formula is C22H19Cl5N2O2. The van der Waals surface area contributed by atoms with Crippen molar-refractivity contribution in [3.05, 3.63) is 73.2 Å². The van der Waals surface area contributed by atoms with Gasteiger partial charge in [0.2, 0.25) is 5.91 Å². The lowest BCUT2D eigenvalue weighted by Crippen LogP contribution is -2.22. The first kappa shape index (κ1) is 24.2. The molecule has 1 fully saturated rings. The van der Waals surface area contributed by atoms with Gasteiger partial charge in [0.05, 0.1) is 12.1 Å². The lowest BCUT2D eigenvalue weighted by atomic mass is 10.1. The fourth-order valence-electron chi connectivity index (χ4n) is 3.43. The van der Waals surface area contributed by atoms with Gasteiger partial charge < -0.3 is 4.74 Å². The third-order valence-electron chi connectivity index (χ3n) is 5.28. The highest BCUT2D eigenvalue weighted by Crippen LogP contribution is 2.59. The molecule has 0 spiro atoms. The number of carbonyl (C=O) groups excluding carboxylic acids is 1. The molecule has 9 heteroatoms. The number of hydrogen-bond donors (Lipinski definition) is 1. The van der Waals surface area contributed by atoms with E-state index in [1.165, 1.54) is 6.21 Å². The van der Waals surface area contributed by atoms with Gasteiger partial charge in [-0.15, -0.1) is 0 Å². The quantitative estimate of drug-likeness (QED) is 0.308. The Morgan fingerprint density at radius 2 is 1.84 bits per heavy atom. The van der Waals surface area contributed by atoms with E-state index in [-0.39, 0.29) is 34.3 Å². The topological polar surface area (TPSA) is 50.7 Å². The highest BCUT2D eigenvalue weighted by molar-refractivity contribution is 6.55. The molecule has 2 atom stereocenters. The number of nitrogens with one attached hydrogen (secondary N) is 1. The van der Waals surface area contributed by atoms with Gasteiger partial charge in [-0.2, -0.15) is 5.10 Å². The van der Waals surface area contributed by atoms with Gasteiger partial charge in [0.25, 0.3) is 0 Å². The van der Waals surface area contributed by atoms with Crippen LogP contribution in [0.15, 0.2) is 52.1 Å². The summed E-state index contributed by atoms with van der Waals surface area (Å²) >= 11 is 30.0. The van der Waals surface area contributed by atoms with E-state index in [9.17, 15) is 4.79 Å². The lowest BCUT2D eigenvalue weighted by Gasteiger charge is -2.12. The predicted molar refractivity (Wildman–Crippen MR) is 129 cm³/mol. The third-order valence-corrected chi connectivity index (χ3v) is 6.48. The van der Waals surface area contributed by atoms with Gasteiger partial charge in [-0.1, -0.05) is 77.9 Å². The molecule has 164 valence electrons. The Hall–Kier alpha value is -1.43. The fraction of sp³-hybridized carbons (Fsp3) is 0.273. The molecule has 0 heterocycles. The summed E-state index contributed by atoms with van der Waals surface area (Å²) in [6.45, 7) is 4.11. The number of amides is 1. The minimum absolute atomic E-state index is 0.0434. The first-order valence-electron chi connectivity index (χ1n) is 9.32. The van der Waals surface area contributed by atoms with E-state index in [1.54, 1.807) is 42.5 Å². The molecule has 1 saturated carbocycles. The average molecular weight is 521 g/mol. The molecule has 31 heavy (non-hydrogen) atoms. The Kier molecular flexibility index (Phi) is 7.82. The fourth-order valence-corrected chi connectivity index (χ4v) is 4.39. The van der Waals surface area contributed by atoms with Crippen molar-refractivity contribution in [3.63, 3.8) is 0 Å². The van der Waals surface area contributed by atoms with Crippen molar-refractivity contribution >= 4 is 70.1 Å². The molecule has 0 bridgehead atoms. The molecule has 1 aliphatic carbocycles. The highest BCUT2D eigenvalue weighted by atomic mass is 35.5. The Balaban J connectivity index is 1.69. The summed E-state index contributed by atoms with van der Waals surface area (Å²) in [7, 11) is 0. The van der Waals surface area contributed by atoms with Gasteiger partial charge in [-0.05, 0) is 47.7 Å². The second kappa shape index (κ2) is 10.0. The minimum atomic E-state index is -0.269. The molecule has 1 N–H and O–H groups in total. The monoisotopic (exact) mass is 518 g/mol. The van der Waals surface area contributed by atoms with E-state index in [0.29, 0.717) is 31.9 Å². The van der Waals surface area contributed by atoms with E-state index in [2.05, 4.69) is 10.5 Å². The summed E-state index contributed by atoms with van der Waals surface area (Å²) in [5.41, 5.74) is 3.58. The number of carbonyl (C=O) groups is 1. The van der Waals surface area contributed by atoms with Crippen LogP contribution in [0.4, 0.5) is 0 Å². The van der Waals surface area contributed by atoms with Gasteiger partial charge in [-0.3, -0.25) is 4.79 Å². The maximum atomic E-state index is 12.5. The molecule has 0 saturated heterocycles. The zero-order chi connectivity index (χ0) is 22.8. The lowest BCUT2D eigenvalue weighted by molar-refractivity contribution is -0.123. The van der Waals surface area contributed by atoms with Crippen molar-refractivity contribution in [2.45, 2.75) is 20.5 Å². The molecule has 2 aromatic carbocycles. The minimum Gasteiger partial charge on any atom is -0.488 e. The van der Waals surface area contributed by atoms with Gasteiger partial charge >= 0.3 is 0 Å². The summed E-state index contributed by atoms with van der Waals surface area (Å²) in [5.74, 6) is -0.0166. The molecule has 0 aliphatic heterocycles. The first-order chi connectivity index (χ1) is 14.6. The third kappa shape index (κ3) is 5.88. The van der Waals surface area contributed by atoms with Crippen molar-refractivity contribution in [2.75, 3.05) is 0 Å². The number of nitrogens with zero attached hydrogens (tertiary/aromatic N) is 1. The first-order valence-corrected chi connectivity index (χ1v) is 11.2. The van der Waals surface area contributed by atoms with E-state index in [1.807, 2.05) is 13.8 Å². The molecule has 2 aromatic rings. The van der Waals surface area contributed by atoms with Crippen LogP contribution in [-0.4, -0.2) is 12.1 Å². The molecule has 3 rings (SSSR count). The molecule has 0 aromatic heterocycles. The Morgan fingerprint density at radius 3 is 2.48 bits per heavy atom. The van der Waals surface area contributed by atoms with Gasteiger partial charge in [0, 0.05) is 26.2 Å². The van der Waals surface area contributed by atoms with Crippen LogP contribution in [0.5, 0.6) is 5.75 Å². The van der Waals surface area contributed by atoms with Crippen molar-refractivity contribution < 1.29 is 9.53 Å². The summed E-state index contributed by atoms with van der Waals surface area (Å²) in [4.78, 5) is 12.5. The smallest absolute Gasteiger partial charge is 0.244 e.